The van der Waals surface area contributed by atoms with Gasteiger partial charge in [-0.25, -0.2) is 0 Å². The SMILES string of the molecule is CN1CN(C)C2(CCCCCCCC2)C1. The molecule has 0 aromatic carbocycles. The van der Waals surface area contributed by atoms with Gasteiger partial charge in [-0.3, -0.25) is 9.80 Å². The zero-order chi connectivity index (χ0) is 10.7. The van der Waals surface area contributed by atoms with Gasteiger partial charge in [0.2, 0.25) is 0 Å². The van der Waals surface area contributed by atoms with Crippen LogP contribution in [-0.4, -0.2) is 42.6 Å². The van der Waals surface area contributed by atoms with E-state index in [1.165, 1.54) is 64.6 Å². The third-order valence-corrected chi connectivity index (χ3v) is 4.36. The molecule has 2 nitrogen and oxygen atoms in total. The molecule has 88 valence electrons. The zero-order valence-corrected chi connectivity index (χ0v) is 10.5. The highest BCUT2D eigenvalue weighted by Gasteiger charge is 2.40. The fourth-order valence-electron chi connectivity index (χ4n) is 3.47. The summed E-state index contributed by atoms with van der Waals surface area (Å²) in [5.41, 5.74) is 0.527. The van der Waals surface area contributed by atoms with Crippen molar-refractivity contribution in [3.05, 3.63) is 0 Å². The average molecular weight is 210 g/mol. The molecule has 0 atom stereocenters. The molecule has 15 heavy (non-hydrogen) atoms. The van der Waals surface area contributed by atoms with Crippen molar-refractivity contribution >= 4 is 0 Å². The quantitative estimate of drug-likeness (QED) is 0.606. The smallest absolute Gasteiger partial charge is 0.0506 e. The van der Waals surface area contributed by atoms with E-state index in [2.05, 4.69) is 23.9 Å². The minimum absolute atomic E-state index is 0.527. The lowest BCUT2D eigenvalue weighted by atomic mass is 9.87. The Balaban J connectivity index is 2.02. The second kappa shape index (κ2) is 4.84. The van der Waals surface area contributed by atoms with Crippen molar-refractivity contribution in [1.82, 2.24) is 9.80 Å². The van der Waals surface area contributed by atoms with Gasteiger partial charge in [-0.05, 0) is 26.9 Å². The summed E-state index contributed by atoms with van der Waals surface area (Å²) in [5.74, 6) is 0. The summed E-state index contributed by atoms with van der Waals surface area (Å²) in [4.78, 5) is 5.09. The minimum Gasteiger partial charge on any atom is -0.292 e. The number of hydrogen-bond acceptors (Lipinski definition) is 2. The van der Waals surface area contributed by atoms with Crippen molar-refractivity contribution in [2.24, 2.45) is 0 Å². The molecule has 0 aromatic heterocycles. The van der Waals surface area contributed by atoms with Gasteiger partial charge in [0, 0.05) is 12.1 Å². The highest BCUT2D eigenvalue weighted by Crippen LogP contribution is 2.34. The Morgan fingerprint density at radius 1 is 0.800 bits per heavy atom. The van der Waals surface area contributed by atoms with Gasteiger partial charge in [-0.2, -0.15) is 0 Å². The van der Waals surface area contributed by atoms with Gasteiger partial charge in [-0.1, -0.05) is 38.5 Å². The summed E-state index contributed by atoms with van der Waals surface area (Å²) in [7, 11) is 4.58. The monoisotopic (exact) mass is 210 g/mol. The van der Waals surface area contributed by atoms with Gasteiger partial charge >= 0.3 is 0 Å². The van der Waals surface area contributed by atoms with Crippen LogP contribution in [0.2, 0.25) is 0 Å². The van der Waals surface area contributed by atoms with E-state index in [1.54, 1.807) is 0 Å². The van der Waals surface area contributed by atoms with Crippen LogP contribution in [0.5, 0.6) is 0 Å². The maximum Gasteiger partial charge on any atom is 0.0506 e. The van der Waals surface area contributed by atoms with E-state index in [1.807, 2.05) is 0 Å². The Morgan fingerprint density at radius 3 is 1.80 bits per heavy atom. The third kappa shape index (κ3) is 2.54. The summed E-state index contributed by atoms with van der Waals surface area (Å²) in [6, 6.07) is 0. The lowest BCUT2D eigenvalue weighted by Crippen LogP contribution is -2.43. The first-order chi connectivity index (χ1) is 7.23. The lowest BCUT2D eigenvalue weighted by molar-refractivity contribution is 0.153. The Hall–Kier alpha value is -0.0800. The van der Waals surface area contributed by atoms with E-state index in [-0.39, 0.29) is 0 Å². The molecule has 2 rings (SSSR count). The standard InChI is InChI=1S/C13H26N2/c1-14-11-13(15(2)12-14)9-7-5-3-4-6-8-10-13/h3-12H2,1-2H3. The van der Waals surface area contributed by atoms with E-state index in [0.717, 1.165) is 0 Å². The number of nitrogens with zero attached hydrogens (tertiary/aromatic N) is 2. The molecule has 0 bridgehead atoms. The molecule has 2 fully saturated rings. The van der Waals surface area contributed by atoms with Crippen molar-refractivity contribution < 1.29 is 0 Å². The predicted octanol–water partition coefficient (Wildman–Crippen LogP) is 2.69. The molecule has 1 saturated heterocycles. The van der Waals surface area contributed by atoms with E-state index in [0.29, 0.717) is 5.54 Å². The van der Waals surface area contributed by atoms with Crippen LogP contribution < -0.4 is 0 Å². The highest BCUT2D eigenvalue weighted by molar-refractivity contribution is 4.96. The van der Waals surface area contributed by atoms with Gasteiger partial charge in [-0.15, -0.1) is 0 Å². The fraction of sp³-hybridized carbons (Fsp3) is 1.00. The number of rotatable bonds is 0. The molecule has 2 aliphatic rings. The average Bonchev–Trinajstić information content (AvgIpc) is 2.52. The Labute approximate surface area is 94.6 Å². The maximum atomic E-state index is 2.61. The van der Waals surface area contributed by atoms with Crippen LogP contribution >= 0.6 is 0 Å². The zero-order valence-electron chi connectivity index (χ0n) is 10.5. The van der Waals surface area contributed by atoms with E-state index < -0.39 is 0 Å². The van der Waals surface area contributed by atoms with Gasteiger partial charge in [0.05, 0.1) is 6.67 Å². The molecule has 0 amide bonds. The van der Waals surface area contributed by atoms with Crippen molar-refractivity contribution in [3.8, 4) is 0 Å². The first kappa shape index (κ1) is 11.4. The first-order valence-electron chi connectivity index (χ1n) is 6.63. The normalized spacial score (nSPS) is 30.0. The molecule has 0 N–H and O–H groups in total. The van der Waals surface area contributed by atoms with Gasteiger partial charge in [0.1, 0.15) is 0 Å². The van der Waals surface area contributed by atoms with Crippen LogP contribution in [0.25, 0.3) is 0 Å². The second-order valence-corrected chi connectivity index (χ2v) is 5.70. The molecule has 1 aliphatic carbocycles. The first-order valence-corrected chi connectivity index (χ1v) is 6.63. The van der Waals surface area contributed by atoms with Gasteiger partial charge in [0.15, 0.2) is 0 Å². The maximum absolute atomic E-state index is 2.61. The fourth-order valence-corrected chi connectivity index (χ4v) is 3.47. The lowest BCUT2D eigenvalue weighted by Gasteiger charge is -2.35. The molecule has 0 unspecified atom stereocenters. The molecule has 1 heterocycles. The molecule has 1 spiro atoms. The van der Waals surface area contributed by atoms with Crippen molar-refractivity contribution in [2.45, 2.75) is 56.9 Å². The summed E-state index contributed by atoms with van der Waals surface area (Å²) >= 11 is 0. The Bertz CT molecular complexity index is 193. The molecule has 1 aliphatic heterocycles. The van der Waals surface area contributed by atoms with Crippen LogP contribution in [0.1, 0.15) is 51.4 Å². The predicted molar refractivity (Wildman–Crippen MR) is 64.9 cm³/mol. The molecule has 0 radical (unpaired) electrons. The van der Waals surface area contributed by atoms with E-state index in [4.69, 9.17) is 0 Å². The van der Waals surface area contributed by atoms with Crippen LogP contribution in [0, 0.1) is 0 Å². The number of likely N-dealkylation sites (N-methyl/N-ethyl adjacent to an activating group) is 2. The summed E-state index contributed by atoms with van der Waals surface area (Å²) in [6.07, 6.45) is 11.6. The number of hydrogen-bond donors (Lipinski definition) is 0. The summed E-state index contributed by atoms with van der Waals surface area (Å²) in [6.45, 7) is 2.46. The van der Waals surface area contributed by atoms with Gasteiger partial charge < -0.3 is 0 Å². The molecule has 2 heteroatoms. The minimum atomic E-state index is 0.527. The van der Waals surface area contributed by atoms with Crippen LogP contribution in [0.15, 0.2) is 0 Å². The molecule has 0 aromatic rings. The second-order valence-electron chi connectivity index (χ2n) is 5.70. The summed E-state index contributed by atoms with van der Waals surface area (Å²) in [5, 5.41) is 0. The molecule has 1 saturated carbocycles. The van der Waals surface area contributed by atoms with Crippen molar-refractivity contribution in [2.75, 3.05) is 27.3 Å². The summed E-state index contributed by atoms with van der Waals surface area (Å²) < 4.78 is 0. The highest BCUT2D eigenvalue weighted by atomic mass is 15.4. The van der Waals surface area contributed by atoms with E-state index in [9.17, 15) is 0 Å². The van der Waals surface area contributed by atoms with Gasteiger partial charge in [0.25, 0.3) is 0 Å². The van der Waals surface area contributed by atoms with Crippen LogP contribution in [-0.2, 0) is 0 Å². The Kier molecular flexibility index (Phi) is 3.68. The van der Waals surface area contributed by atoms with Crippen LogP contribution in [0.3, 0.4) is 0 Å². The molecular formula is C13H26N2. The third-order valence-electron chi connectivity index (χ3n) is 4.36. The topological polar surface area (TPSA) is 6.48 Å². The van der Waals surface area contributed by atoms with Crippen LogP contribution in [0.4, 0.5) is 0 Å². The Morgan fingerprint density at radius 2 is 1.33 bits per heavy atom. The van der Waals surface area contributed by atoms with Crippen molar-refractivity contribution in [3.63, 3.8) is 0 Å². The largest absolute Gasteiger partial charge is 0.292 e. The van der Waals surface area contributed by atoms with Crippen molar-refractivity contribution in [1.29, 1.82) is 0 Å². The molecular weight excluding hydrogens is 184 g/mol. The van der Waals surface area contributed by atoms with E-state index >= 15 is 0 Å².